The molecule has 0 aliphatic heterocycles. The van der Waals surface area contributed by atoms with Crippen LogP contribution in [0.1, 0.15) is 11.1 Å². The number of para-hydroxylation sites is 1. The van der Waals surface area contributed by atoms with Crippen molar-refractivity contribution in [1.29, 1.82) is 0 Å². The van der Waals surface area contributed by atoms with E-state index in [1.165, 1.54) is 65.2 Å². The Labute approximate surface area is 443 Å². The number of benzene rings is 8. The Hall–Kier alpha value is -9.25. The largest absolute Gasteiger partial charge is 0.505 e. The highest BCUT2D eigenvalue weighted by atomic mass is 35.5. The highest BCUT2D eigenvalue weighted by molar-refractivity contribution is 7.86. The Morgan fingerprint density at radius 1 is 0.671 bits per heavy atom. The van der Waals surface area contributed by atoms with E-state index in [-0.39, 0.29) is 68.1 Å². The monoisotopic (exact) mass is 1090 g/mol. The third kappa shape index (κ3) is 10.3. The lowest BCUT2D eigenvalue weighted by Crippen LogP contribution is -2.22. The average Bonchev–Trinajstić information content (AvgIpc) is 3.41. The molecule has 0 amide bonds. The van der Waals surface area contributed by atoms with E-state index >= 15 is 0 Å². The molecule has 20 nitrogen and oxygen atoms in total. The predicted octanol–water partition coefficient (Wildman–Crippen LogP) is 13.3. The van der Waals surface area contributed by atoms with Crippen molar-refractivity contribution in [2.75, 3.05) is 10.2 Å². The lowest BCUT2D eigenvalue weighted by atomic mass is 10.0. The van der Waals surface area contributed by atoms with Crippen LogP contribution in [0, 0.1) is 20.2 Å². The topological polar surface area (TPSA) is 274 Å². The number of nitro groups is 2. The van der Waals surface area contributed by atoms with Crippen LogP contribution in [0.2, 0.25) is 15.3 Å². The van der Waals surface area contributed by atoms with E-state index in [9.17, 15) is 43.1 Å². The van der Waals surface area contributed by atoms with Crippen molar-refractivity contribution in [3.8, 4) is 22.8 Å². The van der Waals surface area contributed by atoms with Crippen LogP contribution in [0.4, 0.5) is 51.7 Å². The van der Waals surface area contributed by atoms with Gasteiger partial charge >= 0.3 is 0 Å². The summed E-state index contributed by atoms with van der Waals surface area (Å²) in [5.41, 5.74) is 0.142. The first kappa shape index (κ1) is 50.3. The smallest absolute Gasteiger partial charge is 0.296 e. The minimum Gasteiger partial charge on any atom is -0.505 e. The van der Waals surface area contributed by atoms with E-state index in [0.29, 0.717) is 38.2 Å². The molecule has 0 radical (unpaired) electrons. The summed E-state index contributed by atoms with van der Waals surface area (Å²) in [4.78, 5) is 56.5. The van der Waals surface area contributed by atoms with Gasteiger partial charge in [-0.05, 0) is 120 Å². The molecule has 0 unspecified atom stereocenters. The van der Waals surface area contributed by atoms with Gasteiger partial charge in [0.05, 0.1) is 32.1 Å². The first-order valence-electron chi connectivity index (χ1n) is 22.3. The van der Waals surface area contributed by atoms with Crippen molar-refractivity contribution < 1.29 is 27.9 Å². The summed E-state index contributed by atoms with van der Waals surface area (Å²) in [7, 11) is -5.14. The highest BCUT2D eigenvalue weighted by Gasteiger charge is 2.26. The molecule has 0 bridgehead atoms. The van der Waals surface area contributed by atoms with Crippen molar-refractivity contribution in [1.82, 2.24) is 24.5 Å². The van der Waals surface area contributed by atoms with Gasteiger partial charge in [0.1, 0.15) is 16.4 Å². The quantitative estimate of drug-likeness (QED) is 0.0395. The van der Waals surface area contributed by atoms with Crippen LogP contribution in [0.5, 0.6) is 5.75 Å². The van der Waals surface area contributed by atoms with Crippen molar-refractivity contribution in [2.45, 2.75) is 11.3 Å². The molecule has 2 heterocycles. The second-order valence-corrected chi connectivity index (χ2v) is 19.2. The van der Waals surface area contributed by atoms with Crippen LogP contribution in [-0.2, 0) is 16.5 Å². The van der Waals surface area contributed by atoms with E-state index in [1.807, 2.05) is 0 Å². The van der Waals surface area contributed by atoms with E-state index in [1.54, 1.807) is 95.9 Å². The van der Waals surface area contributed by atoms with E-state index in [0.717, 1.165) is 12.1 Å². The molecule has 376 valence electrons. The number of fused-ring (bicyclic) bond motifs is 2. The first-order valence-corrected chi connectivity index (χ1v) is 24.9. The molecule has 2 aromatic heterocycles. The maximum Gasteiger partial charge on any atom is 0.296 e. The Morgan fingerprint density at radius 2 is 1.33 bits per heavy atom. The molecule has 76 heavy (non-hydrogen) atoms. The van der Waals surface area contributed by atoms with Crippen LogP contribution in [0.15, 0.2) is 184 Å². The van der Waals surface area contributed by atoms with Gasteiger partial charge in [-0.2, -0.15) is 28.5 Å². The fourth-order valence-corrected chi connectivity index (χ4v) is 9.43. The molecule has 24 heteroatoms. The number of phenolic OH excluding ortho intramolecular Hbond substituents is 1. The summed E-state index contributed by atoms with van der Waals surface area (Å²) >= 11 is 18.7. The normalized spacial score (nSPS) is 11.6. The zero-order valence-electron chi connectivity index (χ0n) is 38.6. The van der Waals surface area contributed by atoms with Gasteiger partial charge in [-0.15, -0.1) is 5.11 Å². The Kier molecular flexibility index (Phi) is 13.6. The number of nitrogens with one attached hydrogen (secondary N) is 1. The van der Waals surface area contributed by atoms with Gasteiger partial charge in [0.25, 0.3) is 27.1 Å². The van der Waals surface area contributed by atoms with Crippen molar-refractivity contribution >= 4 is 118 Å². The number of azo groups is 1. The second kappa shape index (κ2) is 20.6. The number of aromatic nitrogens is 5. The summed E-state index contributed by atoms with van der Waals surface area (Å²) in [6, 6.07) is 42.1. The van der Waals surface area contributed by atoms with Crippen LogP contribution in [0.3, 0.4) is 0 Å². The number of hydrogen-bond donors (Lipinski definition) is 3. The predicted molar refractivity (Wildman–Crippen MR) is 288 cm³/mol. The van der Waals surface area contributed by atoms with Crippen molar-refractivity contribution in [3.05, 3.63) is 221 Å². The molecule has 0 atom stereocenters. The third-order valence-corrected chi connectivity index (χ3v) is 13.3. The lowest BCUT2D eigenvalue weighted by molar-refractivity contribution is -0.386. The number of rotatable bonds is 14. The standard InChI is InChI=1S/C52H32Cl3N11O9S/c53-33-13-17-35(18-14-33)56-51-58-50(55)59-52(60-51)63(37-9-5-2-6-10-37)38-20-22-40-32(24-38)25-45(76(73,74)75)46(47(40)67)62-61-36-16-11-30(43(27-36)65(69)70)23-31-12-19-39(28-44(31)66(71)72)64-48(29-7-3-1-4-8-29)57-42-26-34(54)15-21-41(42)49(64)68/h1-22,24-28,67H,23H2,(H,73,74,75)(H,56,58,59,60). The molecular weight excluding hydrogens is 1060 g/mol. The van der Waals surface area contributed by atoms with Crippen molar-refractivity contribution in [2.24, 2.45) is 10.2 Å². The lowest BCUT2D eigenvalue weighted by Gasteiger charge is -2.24. The van der Waals surface area contributed by atoms with Gasteiger partial charge in [-0.25, -0.2) is 4.98 Å². The molecule has 10 aromatic rings. The molecule has 0 spiro atoms. The van der Waals surface area contributed by atoms with Gasteiger partial charge in [-0.3, -0.25) is 39.0 Å². The molecule has 8 aromatic carbocycles. The zero-order valence-corrected chi connectivity index (χ0v) is 41.6. The molecule has 0 fully saturated rings. The molecule has 0 aliphatic rings. The second-order valence-electron chi connectivity index (χ2n) is 16.6. The van der Waals surface area contributed by atoms with E-state index in [2.05, 4.69) is 30.5 Å². The summed E-state index contributed by atoms with van der Waals surface area (Å²) in [5.74, 6) is -0.408. The summed E-state index contributed by atoms with van der Waals surface area (Å²) in [5, 5.41) is 49.0. The summed E-state index contributed by atoms with van der Waals surface area (Å²) in [6.07, 6.45) is -0.330. The Bertz CT molecular complexity index is 4200. The third-order valence-electron chi connectivity index (χ3n) is 11.8. The van der Waals surface area contributed by atoms with E-state index < -0.39 is 53.2 Å². The summed E-state index contributed by atoms with van der Waals surface area (Å²) < 4.78 is 37.7. The number of nitro benzene ring substituents is 2. The van der Waals surface area contributed by atoms with Crippen LogP contribution < -0.4 is 15.8 Å². The van der Waals surface area contributed by atoms with Gasteiger partial charge in [-0.1, -0.05) is 71.7 Å². The molecule has 0 saturated heterocycles. The van der Waals surface area contributed by atoms with Crippen LogP contribution in [-0.4, -0.2) is 52.4 Å². The maximum absolute atomic E-state index is 14.1. The average molecular weight is 1090 g/mol. The number of nitrogens with zero attached hydrogens (tertiary/aromatic N) is 10. The van der Waals surface area contributed by atoms with Crippen LogP contribution >= 0.6 is 34.8 Å². The SMILES string of the molecule is O=c1c2ccc(Cl)cc2nc(-c2ccccc2)n1-c1ccc(Cc2ccc(N=Nc3c(S(=O)(=O)O)cc4cc(N(c5ccccc5)c5nc(Cl)nc(Nc6ccc(Cl)cc6)n5)ccc4c3O)cc2[N+](=O)[O-])c([N+](=O)[O-])c1. The van der Waals surface area contributed by atoms with Gasteiger partial charge < -0.3 is 10.4 Å². The molecule has 10 rings (SSSR count). The number of aromatic hydroxyl groups is 1. The highest BCUT2D eigenvalue weighted by Crippen LogP contribution is 2.44. The molecular formula is C52H32Cl3N11O9S. The first-order chi connectivity index (χ1) is 36.5. The minimum atomic E-state index is -5.14. The minimum absolute atomic E-state index is 0.0206. The number of anilines is 5. The van der Waals surface area contributed by atoms with Gasteiger partial charge in [0, 0.05) is 67.7 Å². The number of phenols is 1. The van der Waals surface area contributed by atoms with Crippen molar-refractivity contribution in [3.63, 3.8) is 0 Å². The number of hydrogen-bond acceptors (Lipinski definition) is 16. The van der Waals surface area contributed by atoms with Gasteiger partial charge in [0.2, 0.25) is 17.2 Å². The number of halogens is 3. The van der Waals surface area contributed by atoms with Crippen LogP contribution in [0.25, 0.3) is 38.8 Å². The molecule has 3 N–H and O–H groups in total. The Morgan fingerprint density at radius 3 is 2.03 bits per heavy atom. The fraction of sp³-hybridized carbons (Fsp3) is 0.0192. The fourth-order valence-electron chi connectivity index (χ4n) is 8.32. The molecule has 0 aliphatic carbocycles. The van der Waals surface area contributed by atoms with E-state index in [4.69, 9.17) is 39.8 Å². The summed E-state index contributed by atoms with van der Waals surface area (Å²) in [6.45, 7) is 0. The Balaban J connectivity index is 0.985. The van der Waals surface area contributed by atoms with Gasteiger partial charge in [0.15, 0.2) is 5.75 Å². The zero-order chi connectivity index (χ0) is 53.4. The molecule has 0 saturated carbocycles. The maximum atomic E-state index is 14.1.